The lowest BCUT2D eigenvalue weighted by atomic mass is 10.1. The van der Waals surface area contributed by atoms with E-state index in [9.17, 15) is 4.79 Å². The quantitative estimate of drug-likeness (QED) is 0.524. The summed E-state index contributed by atoms with van der Waals surface area (Å²) in [6, 6.07) is 7.41. The van der Waals surface area contributed by atoms with Gasteiger partial charge in [0.25, 0.3) is 5.91 Å². The predicted molar refractivity (Wildman–Crippen MR) is 94.7 cm³/mol. The molecule has 0 aliphatic rings. The van der Waals surface area contributed by atoms with Crippen molar-refractivity contribution >= 4 is 28.3 Å². The molecule has 126 valence electrons. The van der Waals surface area contributed by atoms with E-state index in [0.717, 1.165) is 22.2 Å². The van der Waals surface area contributed by atoms with Crippen LogP contribution in [0.25, 0.3) is 27.9 Å². The molecule has 5 aromatic rings. The highest BCUT2D eigenvalue weighted by molar-refractivity contribution is 6.05. The van der Waals surface area contributed by atoms with E-state index in [1.165, 1.54) is 6.20 Å². The van der Waals surface area contributed by atoms with Gasteiger partial charge in [-0.3, -0.25) is 14.3 Å². The minimum Gasteiger partial charge on any atom is -0.472 e. The molecule has 8 nitrogen and oxygen atoms in total. The lowest BCUT2D eigenvalue weighted by Gasteiger charge is -2.06. The molecule has 0 aliphatic heterocycles. The summed E-state index contributed by atoms with van der Waals surface area (Å²) < 4.78 is 6.83. The van der Waals surface area contributed by atoms with Crippen LogP contribution in [-0.2, 0) is 0 Å². The molecule has 1 aromatic carbocycles. The summed E-state index contributed by atoms with van der Waals surface area (Å²) in [5, 5.41) is 11.1. The molecule has 0 bridgehead atoms. The fourth-order valence-corrected chi connectivity index (χ4v) is 2.85. The summed E-state index contributed by atoms with van der Waals surface area (Å²) in [5.74, 6) is 0.298. The summed E-state index contributed by atoms with van der Waals surface area (Å²) >= 11 is 0. The molecule has 4 heterocycles. The van der Waals surface area contributed by atoms with Crippen LogP contribution < -0.4 is 5.32 Å². The zero-order valence-corrected chi connectivity index (χ0v) is 13.4. The van der Waals surface area contributed by atoms with Gasteiger partial charge >= 0.3 is 0 Å². The van der Waals surface area contributed by atoms with Crippen LogP contribution in [0.5, 0.6) is 0 Å². The van der Waals surface area contributed by atoms with E-state index >= 15 is 0 Å². The third-order valence-corrected chi connectivity index (χ3v) is 4.12. The molecule has 4 aromatic heterocycles. The van der Waals surface area contributed by atoms with E-state index < -0.39 is 0 Å². The first-order chi connectivity index (χ1) is 12.8. The Morgan fingerprint density at radius 3 is 3.08 bits per heavy atom. The Labute approximate surface area is 146 Å². The van der Waals surface area contributed by atoms with Crippen molar-refractivity contribution in [2.75, 3.05) is 5.32 Å². The van der Waals surface area contributed by atoms with Gasteiger partial charge in [0.15, 0.2) is 0 Å². The number of carbonyl (C=O) groups is 1. The van der Waals surface area contributed by atoms with Crippen LogP contribution in [0.2, 0.25) is 0 Å². The number of rotatable bonds is 3. The van der Waals surface area contributed by atoms with E-state index in [4.69, 9.17) is 4.42 Å². The standard InChI is InChI=1S/C18H12N6O2/c25-17(12-8-20-18-19-4-5-24(18)9-12)21-13-1-2-15-14(7-13)16(23-22-15)11-3-6-26-10-11/h1-10H,(H,21,25)(H,22,23). The number of amides is 1. The van der Waals surface area contributed by atoms with Gasteiger partial charge in [0, 0.05) is 41.4 Å². The molecule has 0 atom stereocenters. The molecule has 0 saturated heterocycles. The number of benzene rings is 1. The Balaban J connectivity index is 1.48. The molecule has 0 unspecified atom stereocenters. The van der Waals surface area contributed by atoms with E-state index in [-0.39, 0.29) is 5.91 Å². The van der Waals surface area contributed by atoms with Crippen LogP contribution in [0.15, 0.2) is 66.0 Å². The molecule has 0 saturated carbocycles. The first-order valence-electron chi connectivity index (χ1n) is 7.89. The molecule has 0 radical (unpaired) electrons. The number of anilines is 1. The number of aromatic nitrogens is 5. The van der Waals surface area contributed by atoms with Gasteiger partial charge in [0.05, 0.1) is 23.6 Å². The number of carbonyl (C=O) groups excluding carboxylic acids is 1. The molecular formula is C18H12N6O2. The fraction of sp³-hybridized carbons (Fsp3) is 0. The van der Waals surface area contributed by atoms with Gasteiger partial charge in [-0.05, 0) is 24.3 Å². The maximum Gasteiger partial charge on any atom is 0.258 e. The number of nitrogens with one attached hydrogen (secondary N) is 2. The maximum absolute atomic E-state index is 12.5. The van der Waals surface area contributed by atoms with Crippen molar-refractivity contribution in [1.29, 1.82) is 0 Å². The number of nitrogens with zero attached hydrogens (tertiary/aromatic N) is 4. The van der Waals surface area contributed by atoms with Gasteiger partial charge in [0.1, 0.15) is 5.69 Å². The van der Waals surface area contributed by atoms with Gasteiger partial charge in [-0.15, -0.1) is 0 Å². The molecule has 5 rings (SSSR count). The molecule has 0 spiro atoms. The molecule has 2 N–H and O–H groups in total. The normalized spacial score (nSPS) is 11.2. The highest BCUT2D eigenvalue weighted by Crippen LogP contribution is 2.28. The molecule has 1 amide bonds. The average Bonchev–Trinajstić information content (AvgIpc) is 3.40. The number of furan rings is 1. The Hall–Kier alpha value is -3.94. The third kappa shape index (κ3) is 2.32. The van der Waals surface area contributed by atoms with Crippen molar-refractivity contribution in [3.63, 3.8) is 0 Å². The van der Waals surface area contributed by atoms with E-state index in [1.54, 1.807) is 35.5 Å². The Bertz CT molecular complexity index is 1240. The number of H-pyrrole nitrogens is 1. The van der Waals surface area contributed by atoms with Gasteiger partial charge in [0.2, 0.25) is 5.78 Å². The number of imidazole rings is 1. The SMILES string of the molecule is O=C(Nc1ccc2[nH]nc(-c3ccoc3)c2c1)c1cnc2nccn2c1. The zero-order valence-electron chi connectivity index (χ0n) is 13.4. The van der Waals surface area contributed by atoms with Crippen molar-refractivity contribution in [2.45, 2.75) is 0 Å². The Morgan fingerprint density at radius 2 is 2.19 bits per heavy atom. The first kappa shape index (κ1) is 14.4. The second-order valence-corrected chi connectivity index (χ2v) is 5.78. The van der Waals surface area contributed by atoms with Gasteiger partial charge < -0.3 is 9.73 Å². The third-order valence-electron chi connectivity index (χ3n) is 4.12. The van der Waals surface area contributed by atoms with Crippen LogP contribution in [0, 0.1) is 0 Å². The summed E-state index contributed by atoms with van der Waals surface area (Å²) in [6.07, 6.45) is 9.80. The van der Waals surface area contributed by atoms with Gasteiger partial charge in [-0.2, -0.15) is 5.10 Å². The number of hydrogen-bond acceptors (Lipinski definition) is 5. The molecule has 0 fully saturated rings. The van der Waals surface area contributed by atoms with Crippen LogP contribution >= 0.6 is 0 Å². The number of fused-ring (bicyclic) bond motifs is 2. The van der Waals surface area contributed by atoms with Crippen molar-refractivity contribution in [3.8, 4) is 11.3 Å². The molecule has 8 heteroatoms. The largest absolute Gasteiger partial charge is 0.472 e. The monoisotopic (exact) mass is 344 g/mol. The second-order valence-electron chi connectivity index (χ2n) is 5.78. The first-order valence-corrected chi connectivity index (χ1v) is 7.89. The zero-order chi connectivity index (χ0) is 17.5. The predicted octanol–water partition coefficient (Wildman–Crippen LogP) is 3.12. The molecule has 0 aliphatic carbocycles. The summed E-state index contributed by atoms with van der Waals surface area (Å²) in [7, 11) is 0. The number of aromatic amines is 1. The smallest absolute Gasteiger partial charge is 0.258 e. The van der Waals surface area contributed by atoms with Crippen LogP contribution in [0.3, 0.4) is 0 Å². The Morgan fingerprint density at radius 1 is 1.23 bits per heavy atom. The molecule has 26 heavy (non-hydrogen) atoms. The van der Waals surface area contributed by atoms with Crippen molar-refractivity contribution < 1.29 is 9.21 Å². The lowest BCUT2D eigenvalue weighted by molar-refractivity contribution is 0.102. The topological polar surface area (TPSA) is 101 Å². The maximum atomic E-state index is 12.5. The minimum absolute atomic E-state index is 0.249. The van der Waals surface area contributed by atoms with Crippen LogP contribution in [0.4, 0.5) is 5.69 Å². The van der Waals surface area contributed by atoms with Crippen LogP contribution in [0.1, 0.15) is 10.4 Å². The van der Waals surface area contributed by atoms with Gasteiger partial charge in [-0.25, -0.2) is 9.97 Å². The van der Waals surface area contributed by atoms with Crippen LogP contribution in [-0.4, -0.2) is 30.5 Å². The van der Waals surface area contributed by atoms with Crippen molar-refractivity contribution in [3.05, 3.63) is 67.1 Å². The number of hydrogen-bond donors (Lipinski definition) is 2. The highest BCUT2D eigenvalue weighted by Gasteiger charge is 2.12. The Kier molecular flexibility index (Phi) is 3.08. The summed E-state index contributed by atoms with van der Waals surface area (Å²) in [5.41, 5.74) is 3.62. The fourth-order valence-electron chi connectivity index (χ4n) is 2.85. The van der Waals surface area contributed by atoms with Gasteiger partial charge in [-0.1, -0.05) is 0 Å². The van der Waals surface area contributed by atoms with E-state index in [2.05, 4.69) is 25.5 Å². The highest BCUT2D eigenvalue weighted by atomic mass is 16.3. The van der Waals surface area contributed by atoms with Crippen molar-refractivity contribution in [1.82, 2.24) is 24.6 Å². The molecular weight excluding hydrogens is 332 g/mol. The van der Waals surface area contributed by atoms with Crippen molar-refractivity contribution in [2.24, 2.45) is 0 Å². The summed E-state index contributed by atoms with van der Waals surface area (Å²) in [6.45, 7) is 0. The van der Waals surface area contributed by atoms with E-state index in [1.807, 2.05) is 24.3 Å². The summed E-state index contributed by atoms with van der Waals surface area (Å²) in [4.78, 5) is 20.8. The second kappa shape index (κ2) is 5.55. The average molecular weight is 344 g/mol. The lowest BCUT2D eigenvalue weighted by Crippen LogP contribution is -2.13. The van der Waals surface area contributed by atoms with E-state index in [0.29, 0.717) is 17.0 Å². The minimum atomic E-state index is -0.249.